The number of nitrogens with one attached hydrogen (secondary N) is 1. The molecule has 144 valence electrons. The molecule has 2 aromatic rings. The first kappa shape index (κ1) is 19.3. The summed E-state index contributed by atoms with van der Waals surface area (Å²) in [6.45, 7) is 0.621. The van der Waals surface area contributed by atoms with Crippen LogP contribution in [0.2, 0.25) is 0 Å². The fraction of sp³-hybridized carbons (Fsp3) is 0.316. The van der Waals surface area contributed by atoms with E-state index >= 15 is 0 Å². The van der Waals surface area contributed by atoms with Gasteiger partial charge in [-0.3, -0.25) is 4.79 Å². The van der Waals surface area contributed by atoms with E-state index < -0.39 is 21.7 Å². The van der Waals surface area contributed by atoms with Crippen LogP contribution in [0, 0.1) is 5.82 Å². The van der Waals surface area contributed by atoms with Crippen LogP contribution in [0.3, 0.4) is 0 Å². The smallest absolute Gasteiger partial charge is 0.243 e. The first-order valence-corrected chi connectivity index (χ1v) is 10.1. The van der Waals surface area contributed by atoms with E-state index in [2.05, 4.69) is 10.2 Å². The van der Waals surface area contributed by atoms with Gasteiger partial charge >= 0.3 is 0 Å². The Kier molecular flexibility index (Phi) is 5.48. The van der Waals surface area contributed by atoms with Crippen LogP contribution < -0.4 is 10.2 Å². The Labute approximate surface area is 158 Å². The van der Waals surface area contributed by atoms with Gasteiger partial charge in [-0.1, -0.05) is 6.07 Å². The van der Waals surface area contributed by atoms with Gasteiger partial charge in [0.15, 0.2) is 0 Å². The third-order valence-corrected chi connectivity index (χ3v) is 6.43. The van der Waals surface area contributed by atoms with E-state index in [1.165, 1.54) is 24.7 Å². The number of sulfonamides is 1. The number of carbonyl (C=O) groups excluding carboxylic acids is 1. The fourth-order valence-corrected chi connectivity index (χ4v) is 4.24. The Hall–Kier alpha value is -2.45. The zero-order valence-corrected chi connectivity index (χ0v) is 16.1. The molecule has 3 rings (SSSR count). The van der Waals surface area contributed by atoms with Crippen LogP contribution in [0.5, 0.6) is 0 Å². The quantitative estimate of drug-likeness (QED) is 0.850. The molecule has 27 heavy (non-hydrogen) atoms. The minimum atomic E-state index is -3.87. The highest BCUT2D eigenvalue weighted by atomic mass is 32.2. The summed E-state index contributed by atoms with van der Waals surface area (Å²) >= 11 is 0. The van der Waals surface area contributed by atoms with Crippen molar-refractivity contribution in [2.45, 2.75) is 17.7 Å². The molecule has 0 saturated heterocycles. The van der Waals surface area contributed by atoms with Gasteiger partial charge < -0.3 is 10.2 Å². The predicted octanol–water partition coefficient (Wildman–Crippen LogP) is 2.47. The number of anilines is 2. The number of fused-ring (bicyclic) bond motifs is 1. The number of aryl methyl sites for hydroxylation is 1. The van der Waals surface area contributed by atoms with Crippen LogP contribution in [0.25, 0.3) is 0 Å². The Morgan fingerprint density at radius 2 is 1.93 bits per heavy atom. The number of hydrogen-bond donors (Lipinski definition) is 1. The molecule has 0 saturated carbocycles. The monoisotopic (exact) mass is 391 g/mol. The Morgan fingerprint density at radius 1 is 1.22 bits per heavy atom. The zero-order valence-electron chi connectivity index (χ0n) is 15.3. The lowest BCUT2D eigenvalue weighted by atomic mass is 10.0. The number of likely N-dealkylation sites (N-methyl/N-ethyl adjacent to an activating group) is 1. The number of hydrogen-bond acceptors (Lipinski definition) is 4. The molecule has 0 fully saturated rings. The van der Waals surface area contributed by atoms with Crippen LogP contribution in [0.15, 0.2) is 47.4 Å². The molecule has 1 aliphatic heterocycles. The van der Waals surface area contributed by atoms with Gasteiger partial charge in [-0.2, -0.15) is 4.31 Å². The third kappa shape index (κ3) is 4.28. The summed E-state index contributed by atoms with van der Waals surface area (Å²) in [7, 11) is -0.544. The molecule has 0 unspecified atom stereocenters. The summed E-state index contributed by atoms with van der Waals surface area (Å²) in [6.07, 6.45) is 2.10. The second-order valence-electron chi connectivity index (χ2n) is 6.63. The molecule has 1 N–H and O–H groups in total. The number of rotatable bonds is 5. The van der Waals surface area contributed by atoms with Gasteiger partial charge in [0.25, 0.3) is 0 Å². The second-order valence-corrected chi connectivity index (χ2v) is 8.68. The van der Waals surface area contributed by atoms with E-state index in [0.29, 0.717) is 5.69 Å². The van der Waals surface area contributed by atoms with Crippen LogP contribution in [0.1, 0.15) is 12.0 Å². The van der Waals surface area contributed by atoms with E-state index in [4.69, 9.17) is 0 Å². The molecule has 1 amide bonds. The number of amides is 1. The van der Waals surface area contributed by atoms with Gasteiger partial charge in [-0.05, 0) is 54.8 Å². The van der Waals surface area contributed by atoms with Crippen LogP contribution in [-0.4, -0.2) is 45.8 Å². The predicted molar refractivity (Wildman–Crippen MR) is 103 cm³/mol. The molecule has 0 aliphatic carbocycles. The minimum Gasteiger partial charge on any atom is -0.374 e. The van der Waals surface area contributed by atoms with E-state index in [1.54, 1.807) is 0 Å². The van der Waals surface area contributed by atoms with Gasteiger partial charge in [0.1, 0.15) is 5.82 Å². The normalized spacial score (nSPS) is 14.1. The van der Waals surface area contributed by atoms with E-state index in [1.807, 2.05) is 25.2 Å². The summed E-state index contributed by atoms with van der Waals surface area (Å²) in [5.41, 5.74) is 2.93. The molecule has 0 aromatic heterocycles. The lowest BCUT2D eigenvalue weighted by Crippen LogP contribution is -2.35. The lowest BCUT2D eigenvalue weighted by Gasteiger charge is -2.28. The van der Waals surface area contributed by atoms with Crippen molar-refractivity contribution in [2.24, 2.45) is 0 Å². The topological polar surface area (TPSA) is 69.7 Å². The molecule has 0 bridgehead atoms. The van der Waals surface area contributed by atoms with E-state index in [0.717, 1.165) is 41.5 Å². The van der Waals surface area contributed by atoms with Gasteiger partial charge in [0.2, 0.25) is 15.9 Å². The van der Waals surface area contributed by atoms with Gasteiger partial charge in [0.05, 0.1) is 11.4 Å². The molecule has 2 aromatic carbocycles. The first-order chi connectivity index (χ1) is 12.8. The number of carbonyl (C=O) groups is 1. The molecule has 1 heterocycles. The molecular formula is C19H22FN3O3S. The first-order valence-electron chi connectivity index (χ1n) is 8.63. The maximum absolute atomic E-state index is 13.0. The van der Waals surface area contributed by atoms with Crippen molar-refractivity contribution in [3.8, 4) is 0 Å². The molecule has 0 atom stereocenters. The third-order valence-electron chi connectivity index (χ3n) is 4.61. The minimum absolute atomic E-state index is 0.0606. The van der Waals surface area contributed by atoms with Gasteiger partial charge in [-0.15, -0.1) is 0 Å². The average molecular weight is 391 g/mol. The summed E-state index contributed by atoms with van der Waals surface area (Å²) < 4.78 is 38.9. The van der Waals surface area contributed by atoms with Crippen molar-refractivity contribution < 1.29 is 17.6 Å². The van der Waals surface area contributed by atoms with Crippen LogP contribution in [0.4, 0.5) is 15.8 Å². The highest BCUT2D eigenvalue weighted by Gasteiger charge is 2.23. The Bertz CT molecular complexity index is 945. The summed E-state index contributed by atoms with van der Waals surface area (Å²) in [5, 5.41) is 2.74. The lowest BCUT2D eigenvalue weighted by molar-refractivity contribution is -0.116. The number of nitrogens with zero attached hydrogens (tertiary/aromatic N) is 2. The molecule has 8 heteroatoms. The average Bonchev–Trinajstić information content (AvgIpc) is 2.62. The fourth-order valence-electron chi connectivity index (χ4n) is 3.11. The maximum Gasteiger partial charge on any atom is 0.243 e. The standard InChI is InChI=1S/C19H22FN3O3S/c1-22-11-3-4-14-5-8-16(12-18(14)22)21-19(24)13-23(2)27(25,26)17-9-6-15(20)7-10-17/h5-10,12H,3-4,11,13H2,1-2H3,(H,21,24). The summed E-state index contributed by atoms with van der Waals surface area (Å²) in [5.74, 6) is -0.965. The molecular weight excluding hydrogens is 369 g/mol. The molecule has 6 nitrogen and oxygen atoms in total. The maximum atomic E-state index is 13.0. The van der Waals surface area contributed by atoms with Crippen LogP contribution >= 0.6 is 0 Å². The van der Waals surface area contributed by atoms with Crippen molar-refractivity contribution in [3.05, 3.63) is 53.8 Å². The van der Waals surface area contributed by atoms with Crippen molar-refractivity contribution >= 4 is 27.3 Å². The second kappa shape index (κ2) is 7.66. The number of benzene rings is 2. The highest BCUT2D eigenvalue weighted by Crippen LogP contribution is 2.29. The van der Waals surface area contributed by atoms with Gasteiger partial charge in [-0.25, -0.2) is 12.8 Å². The van der Waals surface area contributed by atoms with E-state index in [9.17, 15) is 17.6 Å². The largest absolute Gasteiger partial charge is 0.374 e. The SMILES string of the molecule is CN1CCCc2ccc(NC(=O)CN(C)S(=O)(=O)c3ccc(F)cc3)cc21. The van der Waals surface area contributed by atoms with Crippen molar-refractivity contribution in [2.75, 3.05) is 37.4 Å². The Morgan fingerprint density at radius 3 is 2.63 bits per heavy atom. The number of halogens is 1. The summed E-state index contributed by atoms with van der Waals surface area (Å²) in [4.78, 5) is 14.4. The van der Waals surface area contributed by atoms with Crippen molar-refractivity contribution in [1.29, 1.82) is 0 Å². The van der Waals surface area contributed by atoms with Crippen molar-refractivity contribution in [3.63, 3.8) is 0 Å². The molecule has 1 aliphatic rings. The van der Waals surface area contributed by atoms with Crippen molar-refractivity contribution in [1.82, 2.24) is 4.31 Å². The Balaban J connectivity index is 1.68. The molecule has 0 radical (unpaired) electrons. The van der Waals surface area contributed by atoms with E-state index in [-0.39, 0.29) is 11.4 Å². The highest BCUT2D eigenvalue weighted by molar-refractivity contribution is 7.89. The summed E-state index contributed by atoms with van der Waals surface area (Å²) in [6, 6.07) is 10.2. The van der Waals surface area contributed by atoms with Gasteiger partial charge in [0, 0.05) is 32.0 Å². The molecule has 0 spiro atoms. The van der Waals surface area contributed by atoms with Crippen LogP contribution in [-0.2, 0) is 21.2 Å². The zero-order chi connectivity index (χ0) is 19.6.